The van der Waals surface area contributed by atoms with Crippen molar-refractivity contribution in [1.29, 1.82) is 5.26 Å². The zero-order valence-electron chi connectivity index (χ0n) is 18.7. The van der Waals surface area contributed by atoms with Crippen LogP contribution in [0.25, 0.3) is 16.8 Å². The van der Waals surface area contributed by atoms with Crippen molar-refractivity contribution in [1.82, 2.24) is 0 Å². The molecule has 0 aliphatic carbocycles. The normalized spacial score (nSPS) is 11.1. The van der Waals surface area contributed by atoms with E-state index in [1.807, 2.05) is 30.3 Å². The molecule has 2 N–H and O–H groups in total. The molecule has 4 aromatic rings. The Morgan fingerprint density at radius 3 is 2.39 bits per heavy atom. The molecule has 0 fully saturated rings. The summed E-state index contributed by atoms with van der Waals surface area (Å²) in [6.45, 7) is 0.356. The van der Waals surface area contributed by atoms with E-state index >= 15 is 0 Å². The number of rotatable bonds is 7. The summed E-state index contributed by atoms with van der Waals surface area (Å²) in [6.07, 6.45) is 1.44. The first-order valence-corrected chi connectivity index (χ1v) is 12.3. The molecule has 0 aliphatic rings. The molecule has 0 aliphatic heterocycles. The van der Waals surface area contributed by atoms with Gasteiger partial charge in [0.25, 0.3) is 5.91 Å². The number of carboxylic acid groups (broad SMARTS) is 1. The number of anilines is 1. The Balaban J connectivity index is 1.53. The monoisotopic (exact) mass is 604 g/mol. The van der Waals surface area contributed by atoms with Crippen LogP contribution < -0.4 is 10.1 Å². The first-order chi connectivity index (χ1) is 17.4. The summed E-state index contributed by atoms with van der Waals surface area (Å²) >= 11 is 7.04. The lowest BCUT2D eigenvalue weighted by Crippen LogP contribution is -2.14. The van der Waals surface area contributed by atoms with E-state index in [1.165, 1.54) is 24.3 Å². The number of hydrogen-bond donors (Lipinski definition) is 2. The van der Waals surface area contributed by atoms with Crippen LogP contribution in [0.5, 0.6) is 5.75 Å². The van der Waals surface area contributed by atoms with Crippen LogP contribution in [0, 0.1) is 11.3 Å². The van der Waals surface area contributed by atoms with E-state index in [1.54, 1.807) is 18.2 Å². The fourth-order valence-corrected chi connectivity index (χ4v) is 5.06. The quantitative estimate of drug-likeness (QED) is 0.172. The summed E-state index contributed by atoms with van der Waals surface area (Å²) in [4.78, 5) is 23.8. The molecule has 6 nitrogen and oxygen atoms in total. The minimum absolute atomic E-state index is 0.0298. The predicted octanol–water partition coefficient (Wildman–Crippen LogP) is 7.19. The smallest absolute Gasteiger partial charge is 0.335 e. The highest BCUT2D eigenvalue weighted by atomic mass is 79.9. The van der Waals surface area contributed by atoms with Gasteiger partial charge < -0.3 is 15.2 Å². The lowest BCUT2D eigenvalue weighted by Gasteiger charge is -2.13. The highest BCUT2D eigenvalue weighted by Gasteiger charge is 2.14. The number of ether oxygens (including phenoxy) is 1. The van der Waals surface area contributed by atoms with Gasteiger partial charge in [0.05, 0.1) is 14.5 Å². The number of amides is 1. The fourth-order valence-electron chi connectivity index (χ4n) is 3.61. The second-order valence-corrected chi connectivity index (χ2v) is 9.46. The minimum atomic E-state index is -1.11. The van der Waals surface area contributed by atoms with Crippen LogP contribution in [-0.4, -0.2) is 17.0 Å². The van der Waals surface area contributed by atoms with Crippen LogP contribution in [-0.2, 0) is 11.4 Å². The Bertz CT molecular complexity index is 1530. The van der Waals surface area contributed by atoms with E-state index in [0.29, 0.717) is 26.9 Å². The number of carbonyl (C=O) groups is 2. The van der Waals surface area contributed by atoms with Crippen LogP contribution in [0.4, 0.5) is 5.69 Å². The zero-order chi connectivity index (χ0) is 25.7. The fraction of sp³-hybridized carbons (Fsp3) is 0.0357. The number of nitrogens with one attached hydrogen (secondary N) is 1. The molecule has 1 amide bonds. The molecule has 0 bridgehead atoms. The third-order valence-corrected chi connectivity index (χ3v) is 6.49. The maximum atomic E-state index is 12.6. The molecule has 0 atom stereocenters. The van der Waals surface area contributed by atoms with Crippen molar-refractivity contribution in [3.63, 3.8) is 0 Å². The summed E-state index contributed by atoms with van der Waals surface area (Å²) in [7, 11) is 0. The average Bonchev–Trinajstić information content (AvgIpc) is 2.87. The molecule has 4 aromatic carbocycles. The number of halogens is 2. The Kier molecular flexibility index (Phi) is 7.84. The van der Waals surface area contributed by atoms with E-state index in [4.69, 9.17) is 9.84 Å². The Morgan fingerprint density at radius 1 is 0.972 bits per heavy atom. The third-order valence-electron chi connectivity index (χ3n) is 5.32. The summed E-state index contributed by atoms with van der Waals surface area (Å²) in [5.74, 6) is -1.17. The SMILES string of the molecule is N#C/C(=C/c1cc(Br)c(OCc2cccc3ccccc23)c(Br)c1)C(=O)Nc1cccc(C(=O)O)c1. The van der Waals surface area contributed by atoms with E-state index < -0.39 is 11.9 Å². The first kappa shape index (κ1) is 25.2. The molecule has 36 heavy (non-hydrogen) atoms. The van der Waals surface area contributed by atoms with Gasteiger partial charge in [0.1, 0.15) is 24.0 Å². The second-order valence-electron chi connectivity index (χ2n) is 7.75. The number of aromatic carboxylic acids is 1. The van der Waals surface area contributed by atoms with Crippen molar-refractivity contribution in [3.8, 4) is 11.8 Å². The Morgan fingerprint density at radius 2 is 1.67 bits per heavy atom. The van der Waals surface area contributed by atoms with Gasteiger partial charge in [-0.05, 0) is 90.2 Å². The van der Waals surface area contributed by atoms with Crippen LogP contribution in [0.2, 0.25) is 0 Å². The molecule has 4 rings (SSSR count). The molecule has 0 saturated heterocycles. The maximum Gasteiger partial charge on any atom is 0.335 e. The largest absolute Gasteiger partial charge is 0.487 e. The van der Waals surface area contributed by atoms with E-state index in [-0.39, 0.29) is 16.8 Å². The summed E-state index contributed by atoms with van der Waals surface area (Å²) < 4.78 is 7.40. The number of carboxylic acids is 1. The van der Waals surface area contributed by atoms with Crippen molar-refractivity contribution in [2.75, 3.05) is 5.32 Å². The number of nitrogens with zero attached hydrogens (tertiary/aromatic N) is 1. The van der Waals surface area contributed by atoms with Crippen LogP contribution >= 0.6 is 31.9 Å². The predicted molar refractivity (Wildman–Crippen MR) is 146 cm³/mol. The summed E-state index contributed by atoms with van der Waals surface area (Å²) in [5.41, 5.74) is 1.81. The van der Waals surface area contributed by atoms with Gasteiger partial charge in [0.2, 0.25) is 0 Å². The van der Waals surface area contributed by atoms with Gasteiger partial charge >= 0.3 is 5.97 Å². The van der Waals surface area contributed by atoms with Crippen LogP contribution in [0.15, 0.2) is 93.4 Å². The lowest BCUT2D eigenvalue weighted by molar-refractivity contribution is -0.112. The summed E-state index contributed by atoms with van der Waals surface area (Å²) in [6, 6.07) is 25.4. The standard InChI is InChI=1S/C28H18Br2N2O4/c29-24-12-17(11-21(15-31)27(33)32-22-9-4-7-19(14-22)28(34)35)13-25(30)26(24)36-16-20-8-3-6-18-5-1-2-10-23(18)20/h1-14H,16H2,(H,32,33)(H,34,35)/b21-11-. The Hall–Kier alpha value is -3.93. The first-order valence-electron chi connectivity index (χ1n) is 10.7. The van der Waals surface area contributed by atoms with Gasteiger partial charge in [-0.1, -0.05) is 48.5 Å². The van der Waals surface area contributed by atoms with Crippen LogP contribution in [0.1, 0.15) is 21.5 Å². The Labute approximate surface area is 224 Å². The van der Waals surface area contributed by atoms with Crippen molar-refractivity contribution in [3.05, 3.63) is 110 Å². The molecule has 0 unspecified atom stereocenters. The molecule has 0 spiro atoms. The van der Waals surface area contributed by atoms with Gasteiger partial charge in [-0.3, -0.25) is 4.79 Å². The van der Waals surface area contributed by atoms with Gasteiger partial charge in [-0.2, -0.15) is 5.26 Å². The van der Waals surface area contributed by atoms with E-state index in [9.17, 15) is 14.9 Å². The van der Waals surface area contributed by atoms with Crippen molar-refractivity contribution in [2.45, 2.75) is 6.61 Å². The number of hydrogen-bond acceptors (Lipinski definition) is 4. The molecule has 178 valence electrons. The van der Waals surface area contributed by atoms with Gasteiger partial charge in [-0.25, -0.2) is 4.79 Å². The number of fused-ring (bicyclic) bond motifs is 1. The van der Waals surface area contributed by atoms with E-state index in [0.717, 1.165) is 16.3 Å². The zero-order valence-corrected chi connectivity index (χ0v) is 21.8. The van der Waals surface area contributed by atoms with Gasteiger partial charge in [0, 0.05) is 5.69 Å². The molecule has 0 aromatic heterocycles. The molecule has 0 radical (unpaired) electrons. The molecular weight excluding hydrogens is 588 g/mol. The highest BCUT2D eigenvalue weighted by Crippen LogP contribution is 2.36. The molecule has 8 heteroatoms. The highest BCUT2D eigenvalue weighted by molar-refractivity contribution is 9.11. The number of carbonyl (C=O) groups excluding carboxylic acids is 1. The van der Waals surface area contributed by atoms with Gasteiger partial charge in [0.15, 0.2) is 0 Å². The average molecular weight is 606 g/mol. The van der Waals surface area contributed by atoms with Crippen molar-refractivity contribution in [2.24, 2.45) is 0 Å². The maximum absolute atomic E-state index is 12.6. The van der Waals surface area contributed by atoms with Crippen molar-refractivity contribution >= 4 is 66.3 Å². The lowest BCUT2D eigenvalue weighted by atomic mass is 10.1. The number of nitriles is 1. The third kappa shape index (κ3) is 5.82. The second kappa shape index (κ2) is 11.2. The van der Waals surface area contributed by atoms with Gasteiger partial charge in [-0.15, -0.1) is 0 Å². The number of benzene rings is 4. The minimum Gasteiger partial charge on any atom is -0.487 e. The topological polar surface area (TPSA) is 99.4 Å². The van der Waals surface area contributed by atoms with E-state index in [2.05, 4.69) is 55.4 Å². The van der Waals surface area contributed by atoms with Crippen molar-refractivity contribution < 1.29 is 19.4 Å². The molecule has 0 saturated carbocycles. The molecular formula is C28H18Br2N2O4. The molecule has 0 heterocycles. The summed E-state index contributed by atoms with van der Waals surface area (Å²) in [5, 5.41) is 23.5. The van der Waals surface area contributed by atoms with Crippen LogP contribution in [0.3, 0.4) is 0 Å².